The molecule has 4 heteroatoms. The molecule has 0 unspecified atom stereocenters. The molecule has 19 heavy (non-hydrogen) atoms. The Labute approximate surface area is 113 Å². The maximum atomic E-state index is 12.2. The predicted octanol–water partition coefficient (Wildman–Crippen LogP) is 3.01. The van der Waals surface area contributed by atoms with Crippen LogP contribution in [0.25, 0.3) is 0 Å². The zero-order valence-electron chi connectivity index (χ0n) is 11.5. The topological polar surface area (TPSA) is 61.5 Å². The summed E-state index contributed by atoms with van der Waals surface area (Å²) < 4.78 is 10.7. The molecule has 1 aromatic rings. The van der Waals surface area contributed by atoms with Crippen LogP contribution in [0.3, 0.4) is 0 Å². The van der Waals surface area contributed by atoms with Crippen LogP contribution in [0.5, 0.6) is 5.75 Å². The molecule has 0 saturated heterocycles. The highest BCUT2D eigenvalue weighted by atomic mass is 16.5. The van der Waals surface area contributed by atoms with Crippen LogP contribution in [0.2, 0.25) is 0 Å². The molecule has 0 bridgehead atoms. The van der Waals surface area contributed by atoms with Crippen molar-refractivity contribution in [1.82, 2.24) is 0 Å². The van der Waals surface area contributed by atoms with Gasteiger partial charge in [-0.2, -0.15) is 0 Å². The Balaban J connectivity index is 2.08. The van der Waals surface area contributed by atoms with Gasteiger partial charge in [0, 0.05) is 5.69 Å². The Morgan fingerprint density at radius 3 is 2.58 bits per heavy atom. The van der Waals surface area contributed by atoms with Crippen molar-refractivity contribution < 1.29 is 14.3 Å². The lowest BCUT2D eigenvalue weighted by atomic mass is 9.89. The number of benzene rings is 1. The molecule has 0 radical (unpaired) electrons. The molecule has 0 aromatic heterocycles. The Morgan fingerprint density at radius 2 is 1.95 bits per heavy atom. The highest BCUT2D eigenvalue weighted by Crippen LogP contribution is 2.29. The SMILES string of the molecule is COc1cccc(N)c1C(=O)OC1CCC(C)CC1. The van der Waals surface area contributed by atoms with Gasteiger partial charge in [-0.15, -0.1) is 0 Å². The molecule has 1 aromatic carbocycles. The first kappa shape index (κ1) is 13.7. The van der Waals surface area contributed by atoms with Crippen molar-refractivity contribution in [2.45, 2.75) is 38.7 Å². The molecule has 1 saturated carbocycles. The van der Waals surface area contributed by atoms with Crippen LogP contribution in [0.4, 0.5) is 5.69 Å². The van der Waals surface area contributed by atoms with E-state index in [9.17, 15) is 4.79 Å². The van der Waals surface area contributed by atoms with Crippen LogP contribution in [-0.4, -0.2) is 19.2 Å². The number of nitrogen functional groups attached to an aromatic ring is 1. The zero-order chi connectivity index (χ0) is 13.8. The molecule has 104 valence electrons. The summed E-state index contributed by atoms with van der Waals surface area (Å²) in [6, 6.07) is 5.16. The molecule has 0 aliphatic heterocycles. The van der Waals surface area contributed by atoms with Gasteiger partial charge in [0.1, 0.15) is 17.4 Å². The molecule has 0 atom stereocenters. The predicted molar refractivity (Wildman–Crippen MR) is 74.2 cm³/mol. The van der Waals surface area contributed by atoms with Crippen LogP contribution >= 0.6 is 0 Å². The lowest BCUT2D eigenvalue weighted by Gasteiger charge is -2.26. The lowest BCUT2D eigenvalue weighted by molar-refractivity contribution is 0.0172. The largest absolute Gasteiger partial charge is 0.496 e. The Bertz CT molecular complexity index is 451. The third-order valence-electron chi connectivity index (χ3n) is 3.72. The van der Waals surface area contributed by atoms with Crippen LogP contribution in [0.15, 0.2) is 18.2 Å². The third-order valence-corrected chi connectivity index (χ3v) is 3.72. The number of nitrogens with two attached hydrogens (primary N) is 1. The van der Waals surface area contributed by atoms with Crippen LogP contribution < -0.4 is 10.5 Å². The molecule has 0 amide bonds. The summed E-state index contributed by atoms with van der Waals surface area (Å²) in [7, 11) is 1.52. The minimum atomic E-state index is -0.380. The van der Waals surface area contributed by atoms with Gasteiger partial charge in [0.2, 0.25) is 0 Å². The normalized spacial score (nSPS) is 22.8. The molecule has 2 rings (SSSR count). The van der Waals surface area contributed by atoms with Gasteiger partial charge >= 0.3 is 5.97 Å². The third kappa shape index (κ3) is 3.19. The van der Waals surface area contributed by atoms with Gasteiger partial charge in [0.15, 0.2) is 0 Å². The second kappa shape index (κ2) is 5.95. The van der Waals surface area contributed by atoms with E-state index in [1.54, 1.807) is 18.2 Å². The maximum Gasteiger partial charge on any atom is 0.344 e. The van der Waals surface area contributed by atoms with Crippen molar-refractivity contribution in [3.63, 3.8) is 0 Å². The summed E-state index contributed by atoms with van der Waals surface area (Å²) in [5.74, 6) is 0.815. The standard InChI is InChI=1S/C15H21NO3/c1-10-6-8-11(9-7-10)19-15(17)14-12(16)4-3-5-13(14)18-2/h3-5,10-11H,6-9,16H2,1-2H3. The van der Waals surface area contributed by atoms with Gasteiger partial charge in [-0.05, 0) is 43.7 Å². The highest BCUT2D eigenvalue weighted by Gasteiger charge is 2.24. The van der Waals surface area contributed by atoms with Gasteiger partial charge < -0.3 is 15.2 Å². The quantitative estimate of drug-likeness (QED) is 0.672. The first-order chi connectivity index (χ1) is 9.11. The molecule has 2 N–H and O–H groups in total. The summed E-state index contributed by atoms with van der Waals surface area (Å²) in [5.41, 5.74) is 6.58. The fourth-order valence-corrected chi connectivity index (χ4v) is 2.49. The van der Waals surface area contributed by atoms with E-state index in [1.807, 2.05) is 0 Å². The fraction of sp³-hybridized carbons (Fsp3) is 0.533. The van der Waals surface area contributed by atoms with E-state index in [4.69, 9.17) is 15.2 Å². The van der Waals surface area contributed by atoms with Gasteiger partial charge in [-0.1, -0.05) is 13.0 Å². The highest BCUT2D eigenvalue weighted by molar-refractivity contribution is 5.98. The molecule has 1 aliphatic carbocycles. The smallest absolute Gasteiger partial charge is 0.344 e. The average Bonchev–Trinajstić information content (AvgIpc) is 2.40. The minimum Gasteiger partial charge on any atom is -0.496 e. The van der Waals surface area contributed by atoms with Crippen molar-refractivity contribution >= 4 is 11.7 Å². The number of methoxy groups -OCH3 is 1. The van der Waals surface area contributed by atoms with Crippen LogP contribution in [0.1, 0.15) is 43.0 Å². The number of rotatable bonds is 3. The maximum absolute atomic E-state index is 12.2. The summed E-state index contributed by atoms with van der Waals surface area (Å²) in [5, 5.41) is 0. The van der Waals surface area contributed by atoms with Gasteiger partial charge in [-0.3, -0.25) is 0 Å². The number of ether oxygens (including phenoxy) is 2. The number of carbonyl (C=O) groups is 1. The second-order valence-electron chi connectivity index (χ2n) is 5.21. The fourth-order valence-electron chi connectivity index (χ4n) is 2.49. The first-order valence-corrected chi connectivity index (χ1v) is 6.75. The van der Waals surface area contributed by atoms with E-state index >= 15 is 0 Å². The Hall–Kier alpha value is -1.71. The van der Waals surface area contributed by atoms with Crippen molar-refractivity contribution in [2.75, 3.05) is 12.8 Å². The van der Waals surface area contributed by atoms with Crippen molar-refractivity contribution in [2.24, 2.45) is 5.92 Å². The van der Waals surface area contributed by atoms with Gasteiger partial charge in [-0.25, -0.2) is 4.79 Å². The van der Waals surface area contributed by atoms with E-state index in [-0.39, 0.29) is 12.1 Å². The molecular weight excluding hydrogens is 242 g/mol. The van der Waals surface area contributed by atoms with Crippen molar-refractivity contribution in [3.05, 3.63) is 23.8 Å². The second-order valence-corrected chi connectivity index (χ2v) is 5.21. The summed E-state index contributed by atoms with van der Waals surface area (Å²) in [6.07, 6.45) is 4.09. The van der Waals surface area contributed by atoms with E-state index < -0.39 is 0 Å². The van der Waals surface area contributed by atoms with E-state index in [1.165, 1.54) is 7.11 Å². The molecule has 4 nitrogen and oxygen atoms in total. The number of esters is 1. The van der Waals surface area contributed by atoms with Gasteiger partial charge in [0.25, 0.3) is 0 Å². The van der Waals surface area contributed by atoms with Crippen molar-refractivity contribution in [1.29, 1.82) is 0 Å². The molecule has 1 fully saturated rings. The number of hydrogen-bond acceptors (Lipinski definition) is 4. The number of anilines is 1. The van der Waals surface area contributed by atoms with E-state index in [0.717, 1.165) is 31.6 Å². The Morgan fingerprint density at radius 1 is 1.26 bits per heavy atom. The molecular formula is C15H21NO3. The minimum absolute atomic E-state index is 0.00742. The molecule has 1 aliphatic rings. The summed E-state index contributed by atoms with van der Waals surface area (Å²) in [4.78, 5) is 12.2. The zero-order valence-corrected chi connectivity index (χ0v) is 11.5. The van der Waals surface area contributed by atoms with Gasteiger partial charge in [0.05, 0.1) is 7.11 Å². The molecule has 0 heterocycles. The van der Waals surface area contributed by atoms with E-state index in [0.29, 0.717) is 17.0 Å². The summed E-state index contributed by atoms with van der Waals surface area (Å²) >= 11 is 0. The molecule has 0 spiro atoms. The summed E-state index contributed by atoms with van der Waals surface area (Å²) in [6.45, 7) is 2.23. The lowest BCUT2D eigenvalue weighted by Crippen LogP contribution is -2.24. The first-order valence-electron chi connectivity index (χ1n) is 6.75. The Kier molecular flexibility index (Phi) is 4.30. The number of carbonyl (C=O) groups excluding carboxylic acids is 1. The average molecular weight is 263 g/mol. The van der Waals surface area contributed by atoms with E-state index in [2.05, 4.69) is 6.92 Å². The van der Waals surface area contributed by atoms with Crippen LogP contribution in [-0.2, 0) is 4.74 Å². The monoisotopic (exact) mass is 263 g/mol. The van der Waals surface area contributed by atoms with Crippen LogP contribution in [0, 0.1) is 5.92 Å². The van der Waals surface area contributed by atoms with Crippen molar-refractivity contribution in [3.8, 4) is 5.75 Å². The number of hydrogen-bond donors (Lipinski definition) is 1.